The lowest BCUT2D eigenvalue weighted by atomic mass is 10.1. The Hall–Kier alpha value is -0.650. The average molecular weight is 242 g/mol. The van der Waals surface area contributed by atoms with Gasteiger partial charge in [0.1, 0.15) is 0 Å². The Bertz CT molecular complexity index is 289. The Kier molecular flexibility index (Phi) is 3.70. The number of hydrogen-bond donors (Lipinski definition) is 3. The molecule has 1 saturated heterocycles. The minimum absolute atomic E-state index is 0.113. The number of aliphatic carboxylic acids is 1. The van der Waals surface area contributed by atoms with Crippen LogP contribution in [-0.2, 0) is 4.79 Å². The van der Waals surface area contributed by atoms with Crippen LogP contribution in [0.1, 0.15) is 26.2 Å². The van der Waals surface area contributed by atoms with Crippen LogP contribution >= 0.6 is 0 Å². The van der Waals surface area contributed by atoms with Crippen LogP contribution in [0.25, 0.3) is 0 Å². The zero-order valence-corrected chi connectivity index (χ0v) is 10.4. The maximum atomic E-state index is 10.7. The molecule has 0 spiro atoms. The molecule has 0 amide bonds. The molecule has 2 atom stereocenters. The molecule has 1 saturated carbocycles. The Morgan fingerprint density at radius 2 is 2.18 bits per heavy atom. The van der Waals surface area contributed by atoms with Crippen LogP contribution in [0.3, 0.4) is 0 Å². The second-order valence-electron chi connectivity index (χ2n) is 5.59. The van der Waals surface area contributed by atoms with Gasteiger partial charge >= 0.3 is 5.97 Å². The summed E-state index contributed by atoms with van der Waals surface area (Å²) >= 11 is 0. The molecular weight excluding hydrogens is 220 g/mol. The topological polar surface area (TPSA) is 72.8 Å². The van der Waals surface area contributed by atoms with Crippen LogP contribution in [0.15, 0.2) is 0 Å². The first kappa shape index (κ1) is 12.8. The van der Waals surface area contributed by atoms with E-state index in [9.17, 15) is 9.90 Å². The van der Waals surface area contributed by atoms with E-state index in [1.54, 1.807) is 0 Å². The molecule has 0 aromatic rings. The first-order valence-electron chi connectivity index (χ1n) is 6.39. The predicted octanol–water partition coefficient (Wildman–Crippen LogP) is -0.104. The first-order valence-corrected chi connectivity index (χ1v) is 6.39. The Balaban J connectivity index is 1.64. The zero-order valence-electron chi connectivity index (χ0n) is 10.4. The van der Waals surface area contributed by atoms with Crippen molar-refractivity contribution in [3.05, 3.63) is 0 Å². The van der Waals surface area contributed by atoms with E-state index in [4.69, 9.17) is 5.11 Å². The molecule has 2 rings (SSSR count). The summed E-state index contributed by atoms with van der Waals surface area (Å²) in [5, 5.41) is 21.4. The van der Waals surface area contributed by atoms with E-state index in [-0.39, 0.29) is 6.54 Å². The van der Waals surface area contributed by atoms with E-state index in [0.29, 0.717) is 5.92 Å². The zero-order chi connectivity index (χ0) is 12.5. The third-order valence-electron chi connectivity index (χ3n) is 3.74. The highest BCUT2D eigenvalue weighted by molar-refractivity contribution is 5.76. The molecule has 2 aliphatic rings. The van der Waals surface area contributed by atoms with Crippen molar-refractivity contribution in [2.75, 3.05) is 26.2 Å². The fraction of sp³-hybridized carbons (Fsp3) is 0.917. The molecule has 98 valence electrons. The van der Waals surface area contributed by atoms with Crippen LogP contribution in [0.5, 0.6) is 0 Å². The number of nitrogens with zero attached hydrogens (tertiary/aromatic N) is 1. The molecule has 17 heavy (non-hydrogen) atoms. The normalized spacial score (nSPS) is 29.2. The molecule has 5 nitrogen and oxygen atoms in total. The quantitative estimate of drug-likeness (QED) is 0.606. The number of hydrogen-bond acceptors (Lipinski definition) is 4. The van der Waals surface area contributed by atoms with Crippen molar-refractivity contribution in [3.8, 4) is 0 Å². The van der Waals surface area contributed by atoms with Crippen molar-refractivity contribution >= 4 is 5.97 Å². The molecule has 3 N–H and O–H groups in total. The van der Waals surface area contributed by atoms with Crippen molar-refractivity contribution in [1.82, 2.24) is 10.2 Å². The van der Waals surface area contributed by atoms with Crippen molar-refractivity contribution < 1.29 is 15.0 Å². The standard InChI is InChI=1S/C12H22N2O3/c1-12(17,11(15)16)8-13-6-9-4-5-14(7-9)10-2-3-10/h9-10,13,17H,2-8H2,1H3,(H,15,16). The maximum Gasteiger partial charge on any atom is 0.336 e. The summed E-state index contributed by atoms with van der Waals surface area (Å²) < 4.78 is 0. The minimum Gasteiger partial charge on any atom is -0.479 e. The summed E-state index contributed by atoms with van der Waals surface area (Å²) in [5.41, 5.74) is -1.66. The average Bonchev–Trinajstić information content (AvgIpc) is 2.99. The summed E-state index contributed by atoms with van der Waals surface area (Å²) in [6, 6.07) is 0.821. The van der Waals surface area contributed by atoms with E-state index in [1.165, 1.54) is 32.7 Å². The van der Waals surface area contributed by atoms with Crippen LogP contribution < -0.4 is 5.32 Å². The molecule has 0 bridgehead atoms. The monoisotopic (exact) mass is 242 g/mol. The van der Waals surface area contributed by atoms with Crippen LogP contribution in [0, 0.1) is 5.92 Å². The van der Waals surface area contributed by atoms with Gasteiger partial charge in [0.05, 0.1) is 0 Å². The van der Waals surface area contributed by atoms with Gasteiger partial charge in [-0.2, -0.15) is 0 Å². The second kappa shape index (κ2) is 4.92. The Morgan fingerprint density at radius 1 is 1.47 bits per heavy atom. The highest BCUT2D eigenvalue weighted by atomic mass is 16.4. The van der Waals surface area contributed by atoms with Crippen molar-refractivity contribution in [2.24, 2.45) is 5.92 Å². The lowest BCUT2D eigenvalue weighted by molar-refractivity contribution is -0.156. The van der Waals surface area contributed by atoms with Gasteiger partial charge in [-0.3, -0.25) is 0 Å². The van der Waals surface area contributed by atoms with Crippen molar-refractivity contribution in [2.45, 2.75) is 37.8 Å². The molecule has 0 aromatic heterocycles. The minimum atomic E-state index is -1.66. The SMILES string of the molecule is CC(O)(CNCC1CCN(C2CC2)C1)C(=O)O. The molecule has 5 heteroatoms. The number of carbonyl (C=O) groups is 1. The fourth-order valence-corrected chi connectivity index (χ4v) is 2.40. The third kappa shape index (κ3) is 3.40. The summed E-state index contributed by atoms with van der Waals surface area (Å²) in [7, 11) is 0. The van der Waals surface area contributed by atoms with Gasteiger partial charge in [0, 0.05) is 19.1 Å². The lowest BCUT2D eigenvalue weighted by Gasteiger charge is -2.20. The molecule has 1 aliphatic carbocycles. The van der Waals surface area contributed by atoms with E-state index in [0.717, 1.165) is 19.1 Å². The number of rotatable bonds is 6. The maximum absolute atomic E-state index is 10.7. The Labute approximate surface area is 102 Å². The summed E-state index contributed by atoms with van der Waals surface area (Å²) in [5.74, 6) is -0.573. The van der Waals surface area contributed by atoms with Crippen molar-refractivity contribution in [1.29, 1.82) is 0 Å². The number of nitrogens with one attached hydrogen (secondary N) is 1. The number of carboxylic acids is 1. The Morgan fingerprint density at radius 3 is 2.76 bits per heavy atom. The van der Waals surface area contributed by atoms with Gasteiger partial charge < -0.3 is 20.4 Å². The molecule has 1 heterocycles. The van der Waals surface area contributed by atoms with Crippen LogP contribution in [-0.4, -0.2) is 58.9 Å². The molecule has 1 aliphatic heterocycles. The van der Waals surface area contributed by atoms with E-state index in [2.05, 4.69) is 10.2 Å². The number of aliphatic hydroxyl groups is 1. The lowest BCUT2D eigenvalue weighted by Crippen LogP contribution is -2.46. The van der Waals surface area contributed by atoms with Crippen LogP contribution in [0.2, 0.25) is 0 Å². The van der Waals surface area contributed by atoms with Gasteiger partial charge in [-0.15, -0.1) is 0 Å². The number of likely N-dealkylation sites (tertiary alicyclic amines) is 1. The van der Waals surface area contributed by atoms with Gasteiger partial charge in [-0.25, -0.2) is 4.79 Å². The van der Waals surface area contributed by atoms with E-state index < -0.39 is 11.6 Å². The molecule has 0 radical (unpaired) electrons. The molecule has 2 unspecified atom stereocenters. The largest absolute Gasteiger partial charge is 0.479 e. The van der Waals surface area contributed by atoms with E-state index >= 15 is 0 Å². The molecule has 2 fully saturated rings. The van der Waals surface area contributed by atoms with Gasteiger partial charge in [-0.1, -0.05) is 0 Å². The van der Waals surface area contributed by atoms with Gasteiger partial charge in [-0.05, 0) is 45.2 Å². The first-order chi connectivity index (χ1) is 7.99. The van der Waals surface area contributed by atoms with Gasteiger partial charge in [0.25, 0.3) is 0 Å². The van der Waals surface area contributed by atoms with Crippen molar-refractivity contribution in [3.63, 3.8) is 0 Å². The van der Waals surface area contributed by atoms with Gasteiger partial charge in [0.15, 0.2) is 5.60 Å². The second-order valence-corrected chi connectivity index (χ2v) is 5.59. The van der Waals surface area contributed by atoms with E-state index in [1.807, 2.05) is 0 Å². The summed E-state index contributed by atoms with van der Waals surface area (Å²) in [6.07, 6.45) is 3.86. The highest BCUT2D eigenvalue weighted by Crippen LogP contribution is 2.31. The summed E-state index contributed by atoms with van der Waals surface area (Å²) in [6.45, 7) is 4.53. The predicted molar refractivity (Wildman–Crippen MR) is 63.8 cm³/mol. The smallest absolute Gasteiger partial charge is 0.336 e. The van der Waals surface area contributed by atoms with Crippen LogP contribution in [0.4, 0.5) is 0 Å². The highest BCUT2D eigenvalue weighted by Gasteiger charge is 2.35. The fourth-order valence-electron chi connectivity index (χ4n) is 2.40. The number of carboxylic acid groups (broad SMARTS) is 1. The molecular formula is C12H22N2O3. The molecule has 0 aromatic carbocycles. The third-order valence-corrected chi connectivity index (χ3v) is 3.74. The van der Waals surface area contributed by atoms with Gasteiger partial charge in [0.2, 0.25) is 0 Å². The summed E-state index contributed by atoms with van der Waals surface area (Å²) in [4.78, 5) is 13.2.